The van der Waals surface area contributed by atoms with Crippen LogP contribution in [0, 0.1) is 0 Å². The molecule has 4 nitrogen and oxygen atoms in total. The van der Waals surface area contributed by atoms with E-state index in [-0.39, 0.29) is 24.3 Å². The molecule has 1 aliphatic rings. The Labute approximate surface area is 149 Å². The van der Waals surface area contributed by atoms with Crippen molar-refractivity contribution < 1.29 is 22.7 Å². The van der Waals surface area contributed by atoms with Gasteiger partial charge in [-0.05, 0) is 37.6 Å². The third-order valence-electron chi connectivity index (χ3n) is 4.56. The van der Waals surface area contributed by atoms with E-state index in [1.165, 1.54) is 0 Å². The van der Waals surface area contributed by atoms with Gasteiger partial charge in [0.1, 0.15) is 5.75 Å². The average Bonchev–Trinajstić information content (AvgIpc) is 2.80. The van der Waals surface area contributed by atoms with Crippen molar-refractivity contribution in [3.8, 4) is 5.75 Å². The minimum atomic E-state index is -4.61. The van der Waals surface area contributed by atoms with Crippen molar-refractivity contribution in [3.05, 3.63) is 42.0 Å². The molecule has 26 heavy (non-hydrogen) atoms. The number of halogens is 3. The van der Waals surface area contributed by atoms with Gasteiger partial charge in [-0.25, -0.2) is 0 Å². The lowest BCUT2D eigenvalue weighted by atomic mass is 9.93. The van der Waals surface area contributed by atoms with Crippen LogP contribution in [0.2, 0.25) is 0 Å². The number of hydrogen-bond donors (Lipinski definition) is 1. The Morgan fingerprint density at radius 3 is 2.50 bits per heavy atom. The summed E-state index contributed by atoms with van der Waals surface area (Å²) in [5.41, 5.74) is 1.43. The second-order valence-electron chi connectivity index (χ2n) is 6.97. The van der Waals surface area contributed by atoms with Crippen LogP contribution in [0.15, 0.2) is 36.4 Å². The maximum absolute atomic E-state index is 14.2. The summed E-state index contributed by atoms with van der Waals surface area (Å²) >= 11 is 0. The Balaban J connectivity index is 2.28. The third-order valence-corrected chi connectivity index (χ3v) is 4.56. The van der Waals surface area contributed by atoms with Gasteiger partial charge in [-0.3, -0.25) is 10.2 Å². The molecule has 0 unspecified atom stereocenters. The summed E-state index contributed by atoms with van der Waals surface area (Å²) in [7, 11) is 0. The van der Waals surface area contributed by atoms with E-state index in [2.05, 4.69) is 5.43 Å². The molecule has 0 aliphatic carbocycles. The second-order valence-corrected chi connectivity index (χ2v) is 6.97. The van der Waals surface area contributed by atoms with E-state index in [1.807, 2.05) is 0 Å². The average molecular weight is 366 g/mol. The van der Waals surface area contributed by atoms with Crippen molar-refractivity contribution >= 4 is 16.7 Å². The maximum atomic E-state index is 14.2. The van der Waals surface area contributed by atoms with Gasteiger partial charge >= 0.3 is 6.18 Å². The van der Waals surface area contributed by atoms with Crippen LogP contribution in [0.5, 0.6) is 5.75 Å². The molecule has 0 aromatic heterocycles. The van der Waals surface area contributed by atoms with Crippen molar-refractivity contribution in [1.29, 1.82) is 0 Å². The first-order chi connectivity index (χ1) is 12.1. The minimum Gasteiger partial charge on any atom is -0.494 e. The minimum absolute atomic E-state index is 0.00564. The molecule has 1 heterocycles. The van der Waals surface area contributed by atoms with Gasteiger partial charge in [-0.1, -0.05) is 30.3 Å². The number of nitrogens with one attached hydrogen (secondary N) is 1. The van der Waals surface area contributed by atoms with Crippen LogP contribution in [0.4, 0.5) is 13.2 Å². The third kappa shape index (κ3) is 3.23. The normalized spacial score (nSPS) is 18.8. The molecule has 0 saturated carbocycles. The SMILES string of the molecule is CCOc1ccc2ccccc2c1[C@H](N1NC(=O)CC1(C)C)C(F)(F)F. The number of alkyl halides is 3. The van der Waals surface area contributed by atoms with E-state index < -0.39 is 23.7 Å². The summed E-state index contributed by atoms with van der Waals surface area (Å²) in [5.74, 6) is -0.257. The predicted octanol–water partition coefficient (Wildman–Crippen LogP) is 4.36. The molecular weight excluding hydrogens is 345 g/mol. The number of nitrogens with zero attached hydrogens (tertiary/aromatic N) is 1. The van der Waals surface area contributed by atoms with Crippen LogP contribution in [0.25, 0.3) is 10.8 Å². The summed E-state index contributed by atoms with van der Waals surface area (Å²) in [5, 5.41) is 2.15. The summed E-state index contributed by atoms with van der Waals surface area (Å²) < 4.78 is 48.2. The van der Waals surface area contributed by atoms with Crippen LogP contribution in [0.3, 0.4) is 0 Å². The number of hydrazine groups is 1. The largest absolute Gasteiger partial charge is 0.494 e. The number of ether oxygens (including phenoxy) is 1. The van der Waals surface area contributed by atoms with E-state index >= 15 is 0 Å². The molecule has 7 heteroatoms. The van der Waals surface area contributed by atoms with E-state index in [9.17, 15) is 18.0 Å². The molecule has 1 fully saturated rings. The summed E-state index contributed by atoms with van der Waals surface area (Å²) in [6.45, 7) is 5.21. The highest BCUT2D eigenvalue weighted by Gasteiger charge is 2.54. The molecule has 1 amide bonds. The van der Waals surface area contributed by atoms with E-state index in [0.717, 1.165) is 5.01 Å². The highest BCUT2D eigenvalue weighted by Crippen LogP contribution is 2.47. The van der Waals surface area contributed by atoms with Gasteiger partial charge in [0, 0.05) is 17.5 Å². The summed E-state index contributed by atoms with van der Waals surface area (Å²) in [4.78, 5) is 11.9. The highest BCUT2D eigenvalue weighted by atomic mass is 19.4. The Hall–Kier alpha value is -2.28. The highest BCUT2D eigenvalue weighted by molar-refractivity contribution is 5.88. The van der Waals surface area contributed by atoms with E-state index in [0.29, 0.717) is 10.8 Å². The van der Waals surface area contributed by atoms with E-state index in [4.69, 9.17) is 4.74 Å². The zero-order valence-corrected chi connectivity index (χ0v) is 14.9. The van der Waals surface area contributed by atoms with E-state index in [1.54, 1.807) is 57.2 Å². The molecule has 1 atom stereocenters. The molecule has 1 saturated heterocycles. The molecule has 0 spiro atoms. The van der Waals surface area contributed by atoms with Gasteiger partial charge in [-0.15, -0.1) is 0 Å². The Morgan fingerprint density at radius 1 is 1.23 bits per heavy atom. The van der Waals surface area contributed by atoms with Crippen molar-refractivity contribution in [2.75, 3.05) is 6.61 Å². The molecular formula is C19H21F3N2O2. The van der Waals surface area contributed by atoms with Crippen molar-refractivity contribution in [3.63, 3.8) is 0 Å². The first kappa shape index (κ1) is 18.5. The number of benzene rings is 2. The first-order valence-corrected chi connectivity index (χ1v) is 8.45. The van der Waals surface area contributed by atoms with Gasteiger partial charge < -0.3 is 4.74 Å². The number of carbonyl (C=O) groups excluding carboxylic acids is 1. The molecule has 140 valence electrons. The van der Waals surface area contributed by atoms with Crippen LogP contribution in [-0.2, 0) is 4.79 Å². The smallest absolute Gasteiger partial charge is 0.410 e. The molecule has 0 radical (unpaired) electrons. The van der Waals surface area contributed by atoms with Crippen LogP contribution >= 0.6 is 0 Å². The fraction of sp³-hybridized carbons (Fsp3) is 0.421. The Morgan fingerprint density at radius 2 is 1.92 bits per heavy atom. The van der Waals surface area contributed by atoms with Crippen LogP contribution in [-0.4, -0.2) is 29.2 Å². The number of fused-ring (bicyclic) bond motifs is 1. The van der Waals surface area contributed by atoms with Crippen LogP contribution < -0.4 is 10.2 Å². The number of rotatable bonds is 4. The first-order valence-electron chi connectivity index (χ1n) is 8.45. The lowest BCUT2D eigenvalue weighted by Gasteiger charge is -2.38. The van der Waals surface area contributed by atoms with Crippen LogP contribution in [0.1, 0.15) is 38.8 Å². The number of carbonyl (C=O) groups is 1. The van der Waals surface area contributed by atoms with Gasteiger partial charge in [0.15, 0.2) is 6.04 Å². The van der Waals surface area contributed by atoms with Crippen molar-refractivity contribution in [2.45, 2.75) is 44.9 Å². The Kier molecular flexibility index (Phi) is 4.60. The predicted molar refractivity (Wildman–Crippen MR) is 92.6 cm³/mol. The van der Waals surface area contributed by atoms with Crippen molar-refractivity contribution in [1.82, 2.24) is 10.4 Å². The molecule has 3 rings (SSSR count). The Bertz CT molecular complexity index is 833. The fourth-order valence-electron chi connectivity index (χ4n) is 3.50. The lowest BCUT2D eigenvalue weighted by molar-refractivity contribution is -0.203. The monoisotopic (exact) mass is 366 g/mol. The van der Waals surface area contributed by atoms with Gasteiger partial charge in [0.25, 0.3) is 0 Å². The number of hydrogen-bond acceptors (Lipinski definition) is 3. The molecule has 2 aromatic rings. The summed E-state index contributed by atoms with van der Waals surface area (Å²) in [6, 6.07) is 8.17. The molecule has 1 aliphatic heterocycles. The molecule has 2 aromatic carbocycles. The van der Waals surface area contributed by atoms with Crippen molar-refractivity contribution in [2.24, 2.45) is 0 Å². The van der Waals surface area contributed by atoms with Gasteiger partial charge in [0.05, 0.1) is 6.61 Å². The molecule has 1 N–H and O–H groups in total. The maximum Gasteiger partial charge on any atom is 0.410 e. The van der Waals surface area contributed by atoms with Gasteiger partial charge in [0.2, 0.25) is 5.91 Å². The standard InChI is InChI=1S/C19H21F3N2O2/c1-4-26-14-10-9-12-7-5-6-8-13(12)16(14)17(19(20,21)22)24-18(2,3)11-15(25)23-24/h5-10,17H,4,11H2,1-3H3,(H,23,25)/t17-/m0/s1. The topological polar surface area (TPSA) is 41.6 Å². The zero-order chi connectivity index (χ0) is 19.1. The summed E-state index contributed by atoms with van der Waals surface area (Å²) in [6.07, 6.45) is -4.61. The lowest BCUT2D eigenvalue weighted by Crippen LogP contribution is -2.51. The fourth-order valence-corrected chi connectivity index (χ4v) is 3.50. The quantitative estimate of drug-likeness (QED) is 0.874. The zero-order valence-electron chi connectivity index (χ0n) is 14.9. The molecule has 0 bridgehead atoms. The second kappa shape index (κ2) is 6.46. The number of amides is 1. The van der Waals surface area contributed by atoms with Gasteiger partial charge in [-0.2, -0.15) is 18.2 Å².